The van der Waals surface area contributed by atoms with E-state index in [1.807, 2.05) is 24.3 Å². The quantitative estimate of drug-likeness (QED) is 0.515. The number of fused-ring (bicyclic) bond motifs is 1. The van der Waals surface area contributed by atoms with Crippen molar-refractivity contribution in [1.82, 2.24) is 0 Å². The van der Waals surface area contributed by atoms with E-state index in [0.29, 0.717) is 0 Å². The molecule has 0 aliphatic rings. The molecule has 2 rings (SSSR count). The molecule has 2 aromatic rings. The van der Waals surface area contributed by atoms with Gasteiger partial charge < -0.3 is 4.42 Å². The van der Waals surface area contributed by atoms with E-state index < -0.39 is 0 Å². The molecule has 0 saturated carbocycles. The zero-order valence-electron chi connectivity index (χ0n) is 5.87. The number of rotatable bonds is 0. The molecule has 1 aromatic heterocycles. The Balaban J connectivity index is 2.92. The van der Waals surface area contributed by atoms with Crippen LogP contribution < -0.4 is 0 Å². The lowest BCUT2D eigenvalue weighted by molar-refractivity contribution is 0.616. The van der Waals surface area contributed by atoms with E-state index in [9.17, 15) is 0 Å². The first-order valence-corrected chi connectivity index (χ1v) is 3.34. The molecule has 1 heteroatoms. The first-order valence-electron chi connectivity index (χ1n) is 3.34. The Bertz CT molecular complexity index is 418. The SMILES string of the molecule is C#Cc1cccc2occc12. The van der Waals surface area contributed by atoms with Crippen molar-refractivity contribution >= 4 is 11.0 Å². The van der Waals surface area contributed by atoms with Crippen LogP contribution in [0, 0.1) is 12.3 Å². The number of hydrogen-bond acceptors (Lipinski definition) is 1. The highest BCUT2D eigenvalue weighted by Crippen LogP contribution is 2.18. The van der Waals surface area contributed by atoms with E-state index in [1.54, 1.807) is 6.26 Å². The Kier molecular flexibility index (Phi) is 1.20. The van der Waals surface area contributed by atoms with E-state index in [-0.39, 0.29) is 0 Å². The topological polar surface area (TPSA) is 13.1 Å². The molecule has 0 aliphatic carbocycles. The van der Waals surface area contributed by atoms with Gasteiger partial charge in [0.25, 0.3) is 0 Å². The minimum atomic E-state index is 0.848. The third-order valence-electron chi connectivity index (χ3n) is 1.65. The van der Waals surface area contributed by atoms with E-state index in [4.69, 9.17) is 10.8 Å². The maximum Gasteiger partial charge on any atom is 0.135 e. The second-order valence-electron chi connectivity index (χ2n) is 2.28. The van der Waals surface area contributed by atoms with Crippen molar-refractivity contribution in [3.8, 4) is 12.3 Å². The Morgan fingerprint density at radius 3 is 3.00 bits per heavy atom. The van der Waals surface area contributed by atoms with Crippen molar-refractivity contribution in [2.24, 2.45) is 0 Å². The summed E-state index contributed by atoms with van der Waals surface area (Å²) >= 11 is 0. The van der Waals surface area contributed by atoms with Gasteiger partial charge in [-0.05, 0) is 18.2 Å². The van der Waals surface area contributed by atoms with Gasteiger partial charge in [-0.2, -0.15) is 0 Å². The molecule has 0 saturated heterocycles. The zero-order chi connectivity index (χ0) is 7.68. The van der Waals surface area contributed by atoms with Gasteiger partial charge in [0.15, 0.2) is 0 Å². The minimum absolute atomic E-state index is 0.848. The number of terminal acetylenes is 1. The van der Waals surface area contributed by atoms with Crippen LogP contribution in [0.25, 0.3) is 11.0 Å². The maximum absolute atomic E-state index is 5.28. The van der Waals surface area contributed by atoms with Crippen LogP contribution in [-0.2, 0) is 0 Å². The Morgan fingerprint density at radius 1 is 1.27 bits per heavy atom. The van der Waals surface area contributed by atoms with Crippen LogP contribution in [0.1, 0.15) is 5.56 Å². The molecule has 1 heterocycles. The van der Waals surface area contributed by atoms with Crippen LogP contribution in [-0.4, -0.2) is 0 Å². The zero-order valence-corrected chi connectivity index (χ0v) is 5.87. The third kappa shape index (κ3) is 0.805. The van der Waals surface area contributed by atoms with E-state index in [1.165, 1.54) is 0 Å². The van der Waals surface area contributed by atoms with Crippen LogP contribution in [0.3, 0.4) is 0 Å². The molecule has 0 bridgehead atoms. The molecule has 0 spiro atoms. The fourth-order valence-corrected chi connectivity index (χ4v) is 1.12. The molecule has 11 heavy (non-hydrogen) atoms. The molecular weight excluding hydrogens is 136 g/mol. The van der Waals surface area contributed by atoms with Gasteiger partial charge in [0, 0.05) is 10.9 Å². The van der Waals surface area contributed by atoms with Crippen molar-refractivity contribution in [2.45, 2.75) is 0 Å². The van der Waals surface area contributed by atoms with Crippen molar-refractivity contribution in [3.05, 3.63) is 36.1 Å². The highest BCUT2D eigenvalue weighted by Gasteiger charge is 1.98. The minimum Gasteiger partial charge on any atom is -0.464 e. The fraction of sp³-hybridized carbons (Fsp3) is 0. The van der Waals surface area contributed by atoms with Crippen LogP contribution in [0.15, 0.2) is 34.9 Å². The van der Waals surface area contributed by atoms with Crippen LogP contribution >= 0.6 is 0 Å². The smallest absolute Gasteiger partial charge is 0.135 e. The summed E-state index contributed by atoms with van der Waals surface area (Å²) in [7, 11) is 0. The van der Waals surface area contributed by atoms with Crippen LogP contribution in [0.2, 0.25) is 0 Å². The molecular formula is C10H6O. The normalized spacial score (nSPS) is 9.73. The number of hydrogen-bond donors (Lipinski definition) is 0. The standard InChI is InChI=1S/C10H6O/c1-2-8-4-3-5-10-9(8)6-7-11-10/h1,3-7H. The van der Waals surface area contributed by atoms with Gasteiger partial charge in [-0.15, -0.1) is 6.42 Å². The monoisotopic (exact) mass is 142 g/mol. The van der Waals surface area contributed by atoms with E-state index in [2.05, 4.69) is 5.92 Å². The highest BCUT2D eigenvalue weighted by molar-refractivity contribution is 5.83. The largest absolute Gasteiger partial charge is 0.464 e. The summed E-state index contributed by atoms with van der Waals surface area (Å²) in [5, 5.41) is 1.01. The lowest BCUT2D eigenvalue weighted by atomic mass is 10.1. The van der Waals surface area contributed by atoms with E-state index in [0.717, 1.165) is 16.5 Å². The summed E-state index contributed by atoms with van der Waals surface area (Å²) in [5.41, 5.74) is 1.73. The molecule has 0 aliphatic heterocycles. The van der Waals surface area contributed by atoms with Crippen LogP contribution in [0.5, 0.6) is 0 Å². The average molecular weight is 142 g/mol. The lowest BCUT2D eigenvalue weighted by Crippen LogP contribution is -1.72. The summed E-state index contributed by atoms with van der Waals surface area (Å²) in [6.07, 6.45) is 6.93. The van der Waals surface area contributed by atoms with Gasteiger partial charge in [-0.25, -0.2) is 0 Å². The molecule has 52 valence electrons. The highest BCUT2D eigenvalue weighted by atomic mass is 16.3. The summed E-state index contributed by atoms with van der Waals surface area (Å²) in [4.78, 5) is 0. The lowest BCUT2D eigenvalue weighted by Gasteiger charge is -1.90. The van der Waals surface area contributed by atoms with Gasteiger partial charge >= 0.3 is 0 Å². The molecule has 1 nitrogen and oxygen atoms in total. The van der Waals surface area contributed by atoms with Crippen molar-refractivity contribution in [2.75, 3.05) is 0 Å². The van der Waals surface area contributed by atoms with Gasteiger partial charge in [-0.3, -0.25) is 0 Å². The molecule has 0 atom stereocenters. The Hall–Kier alpha value is -1.68. The molecule has 0 N–H and O–H groups in total. The molecule has 0 fully saturated rings. The number of furan rings is 1. The van der Waals surface area contributed by atoms with Gasteiger partial charge in [0.2, 0.25) is 0 Å². The Labute approximate surface area is 64.6 Å². The summed E-state index contributed by atoms with van der Waals surface area (Å²) < 4.78 is 5.16. The molecule has 0 unspecified atom stereocenters. The van der Waals surface area contributed by atoms with Crippen molar-refractivity contribution < 1.29 is 4.42 Å². The van der Waals surface area contributed by atoms with Gasteiger partial charge in [0.05, 0.1) is 6.26 Å². The summed E-state index contributed by atoms with van der Waals surface area (Å²) in [5.74, 6) is 2.60. The first-order chi connectivity index (χ1) is 5.42. The second kappa shape index (κ2) is 2.17. The summed E-state index contributed by atoms with van der Waals surface area (Å²) in [6.45, 7) is 0. The van der Waals surface area contributed by atoms with Crippen molar-refractivity contribution in [3.63, 3.8) is 0 Å². The van der Waals surface area contributed by atoms with Gasteiger partial charge in [-0.1, -0.05) is 12.0 Å². The number of benzene rings is 1. The second-order valence-corrected chi connectivity index (χ2v) is 2.28. The fourth-order valence-electron chi connectivity index (χ4n) is 1.12. The molecule has 1 aromatic carbocycles. The predicted octanol–water partition coefficient (Wildman–Crippen LogP) is 2.41. The summed E-state index contributed by atoms with van der Waals surface area (Å²) in [6, 6.07) is 7.57. The van der Waals surface area contributed by atoms with Crippen LogP contribution in [0.4, 0.5) is 0 Å². The van der Waals surface area contributed by atoms with Gasteiger partial charge in [0.1, 0.15) is 5.58 Å². The first kappa shape index (κ1) is 6.06. The van der Waals surface area contributed by atoms with E-state index >= 15 is 0 Å². The maximum atomic E-state index is 5.28. The van der Waals surface area contributed by atoms with Crippen molar-refractivity contribution in [1.29, 1.82) is 0 Å². The Morgan fingerprint density at radius 2 is 2.18 bits per heavy atom. The average Bonchev–Trinajstić information content (AvgIpc) is 2.50. The third-order valence-corrected chi connectivity index (χ3v) is 1.65. The molecule has 0 radical (unpaired) electrons. The molecule has 0 amide bonds. The predicted molar refractivity (Wildman–Crippen MR) is 44.1 cm³/mol.